The first-order chi connectivity index (χ1) is 8.65. The molecule has 5 nitrogen and oxygen atoms in total. The summed E-state index contributed by atoms with van der Waals surface area (Å²) in [7, 11) is 0. The van der Waals surface area contributed by atoms with Crippen LogP contribution < -0.4 is 5.32 Å². The summed E-state index contributed by atoms with van der Waals surface area (Å²) in [6.45, 7) is 3.53. The van der Waals surface area contributed by atoms with Gasteiger partial charge < -0.3 is 19.9 Å². The van der Waals surface area contributed by atoms with E-state index >= 15 is 0 Å². The highest BCUT2D eigenvalue weighted by atomic mass is 16.6. The third-order valence-corrected chi connectivity index (χ3v) is 4.03. The van der Waals surface area contributed by atoms with Gasteiger partial charge in [0.2, 0.25) is 0 Å². The monoisotopic (exact) mass is 257 g/mol. The van der Waals surface area contributed by atoms with E-state index in [0.29, 0.717) is 25.7 Å². The van der Waals surface area contributed by atoms with Gasteiger partial charge in [-0.05, 0) is 31.6 Å². The number of amides is 1. The van der Waals surface area contributed by atoms with E-state index in [9.17, 15) is 9.90 Å². The highest BCUT2D eigenvalue weighted by molar-refractivity contribution is 5.81. The van der Waals surface area contributed by atoms with E-state index in [2.05, 4.69) is 12.2 Å². The summed E-state index contributed by atoms with van der Waals surface area (Å²) in [5.41, 5.74) is -0.454. The maximum atomic E-state index is 12.1. The molecule has 2 aliphatic rings. The molecule has 1 aliphatic carbocycles. The number of carbonyl (C=O) groups is 1. The Morgan fingerprint density at radius 2 is 2.11 bits per heavy atom. The molecule has 1 amide bonds. The van der Waals surface area contributed by atoms with Gasteiger partial charge >= 0.3 is 0 Å². The fourth-order valence-electron chi connectivity index (χ4n) is 2.62. The Kier molecular flexibility index (Phi) is 4.59. The molecule has 0 aromatic rings. The van der Waals surface area contributed by atoms with E-state index in [4.69, 9.17) is 9.47 Å². The lowest BCUT2D eigenvalue weighted by Crippen LogP contribution is -2.57. The van der Waals surface area contributed by atoms with Gasteiger partial charge in [-0.25, -0.2) is 0 Å². The molecule has 1 unspecified atom stereocenters. The van der Waals surface area contributed by atoms with E-state index in [1.54, 1.807) is 0 Å². The lowest BCUT2D eigenvalue weighted by molar-refractivity contribution is -0.150. The molecule has 0 aromatic heterocycles. The van der Waals surface area contributed by atoms with Crippen molar-refractivity contribution in [2.75, 3.05) is 26.4 Å². The summed E-state index contributed by atoms with van der Waals surface area (Å²) in [4.78, 5) is 12.1. The van der Waals surface area contributed by atoms with Crippen LogP contribution in [0.2, 0.25) is 0 Å². The number of carbonyl (C=O) groups excluding carboxylic acids is 1. The predicted molar refractivity (Wildman–Crippen MR) is 66.2 cm³/mol. The molecule has 0 bridgehead atoms. The Labute approximate surface area is 108 Å². The molecule has 1 saturated carbocycles. The van der Waals surface area contributed by atoms with Crippen molar-refractivity contribution in [3.8, 4) is 0 Å². The molecule has 104 valence electrons. The van der Waals surface area contributed by atoms with E-state index < -0.39 is 11.6 Å². The zero-order valence-corrected chi connectivity index (χ0v) is 11.0. The molecule has 2 N–H and O–H groups in total. The van der Waals surface area contributed by atoms with Crippen LogP contribution in [0.15, 0.2) is 0 Å². The maximum absolute atomic E-state index is 12.1. The van der Waals surface area contributed by atoms with Crippen LogP contribution in [0.3, 0.4) is 0 Å². The fraction of sp³-hybridized carbons (Fsp3) is 0.923. The first-order valence-electron chi connectivity index (χ1n) is 6.77. The minimum Gasteiger partial charge on any atom is -0.394 e. The Morgan fingerprint density at radius 1 is 1.39 bits per heavy atom. The van der Waals surface area contributed by atoms with Crippen LogP contribution in [-0.4, -0.2) is 49.1 Å². The summed E-state index contributed by atoms with van der Waals surface area (Å²) in [6.07, 6.45) is 3.24. The predicted octanol–water partition coefficient (Wildman–Crippen LogP) is 0.459. The van der Waals surface area contributed by atoms with Crippen LogP contribution in [0.5, 0.6) is 0 Å². The topological polar surface area (TPSA) is 67.8 Å². The molecular weight excluding hydrogens is 234 g/mol. The second-order valence-electron chi connectivity index (χ2n) is 5.54. The standard InChI is InChI=1S/C13H23NO4/c1-10-2-4-13(9-15,5-3-10)14-12(16)11-8-17-6-7-18-11/h10-11,15H,2-9H2,1H3,(H,14,16). The van der Waals surface area contributed by atoms with Crippen LogP contribution >= 0.6 is 0 Å². The van der Waals surface area contributed by atoms with E-state index in [-0.39, 0.29) is 12.5 Å². The van der Waals surface area contributed by atoms with Gasteiger partial charge in [0.1, 0.15) is 0 Å². The number of ether oxygens (including phenoxy) is 2. The number of aliphatic hydroxyl groups excluding tert-OH is 1. The molecule has 2 fully saturated rings. The molecule has 0 aromatic carbocycles. The lowest BCUT2D eigenvalue weighted by atomic mass is 9.77. The molecule has 0 spiro atoms. The third kappa shape index (κ3) is 3.22. The first-order valence-corrected chi connectivity index (χ1v) is 6.77. The summed E-state index contributed by atoms with van der Waals surface area (Å²) in [5.74, 6) is 0.522. The van der Waals surface area contributed by atoms with Crippen molar-refractivity contribution in [1.29, 1.82) is 0 Å². The Balaban J connectivity index is 1.90. The van der Waals surface area contributed by atoms with Crippen molar-refractivity contribution >= 4 is 5.91 Å². The summed E-state index contributed by atoms with van der Waals surface area (Å²) in [6, 6.07) is 0. The number of rotatable bonds is 3. The molecule has 1 heterocycles. The van der Waals surface area contributed by atoms with Crippen molar-refractivity contribution in [1.82, 2.24) is 5.32 Å². The summed E-state index contributed by atoms with van der Waals surface area (Å²) < 4.78 is 10.6. The van der Waals surface area contributed by atoms with Crippen LogP contribution in [0.25, 0.3) is 0 Å². The van der Waals surface area contributed by atoms with Gasteiger partial charge in [-0.15, -0.1) is 0 Å². The van der Waals surface area contributed by atoms with Gasteiger partial charge in [0.25, 0.3) is 5.91 Å². The second-order valence-corrected chi connectivity index (χ2v) is 5.54. The zero-order chi connectivity index (χ0) is 13.0. The van der Waals surface area contributed by atoms with Crippen LogP contribution in [0, 0.1) is 5.92 Å². The Hall–Kier alpha value is -0.650. The van der Waals surface area contributed by atoms with Gasteiger partial charge in [0.05, 0.1) is 32.0 Å². The summed E-state index contributed by atoms with van der Waals surface area (Å²) >= 11 is 0. The molecule has 1 aliphatic heterocycles. The minimum atomic E-state index is -0.526. The van der Waals surface area contributed by atoms with Gasteiger partial charge in [-0.3, -0.25) is 4.79 Å². The fourth-order valence-corrected chi connectivity index (χ4v) is 2.62. The SMILES string of the molecule is CC1CCC(CO)(NC(=O)C2COCCO2)CC1. The average molecular weight is 257 g/mol. The quantitative estimate of drug-likeness (QED) is 0.771. The van der Waals surface area contributed by atoms with Crippen molar-refractivity contribution in [2.24, 2.45) is 5.92 Å². The van der Waals surface area contributed by atoms with Crippen molar-refractivity contribution in [3.63, 3.8) is 0 Å². The first kappa shape index (κ1) is 13.8. The van der Waals surface area contributed by atoms with E-state index in [1.807, 2.05) is 0 Å². The third-order valence-electron chi connectivity index (χ3n) is 4.03. The second kappa shape index (κ2) is 5.99. The molecule has 5 heteroatoms. The van der Waals surface area contributed by atoms with Crippen LogP contribution in [-0.2, 0) is 14.3 Å². The van der Waals surface area contributed by atoms with Gasteiger partial charge in [0, 0.05) is 0 Å². The Morgan fingerprint density at radius 3 is 2.67 bits per heavy atom. The number of hydrogen-bond donors (Lipinski definition) is 2. The number of nitrogens with one attached hydrogen (secondary N) is 1. The van der Waals surface area contributed by atoms with Gasteiger partial charge in [-0.1, -0.05) is 6.92 Å². The normalized spacial score (nSPS) is 37.2. The molecule has 0 radical (unpaired) electrons. The molecule has 2 rings (SSSR count). The maximum Gasteiger partial charge on any atom is 0.252 e. The van der Waals surface area contributed by atoms with E-state index in [0.717, 1.165) is 25.7 Å². The zero-order valence-electron chi connectivity index (χ0n) is 11.0. The van der Waals surface area contributed by atoms with Crippen LogP contribution in [0.4, 0.5) is 0 Å². The van der Waals surface area contributed by atoms with Crippen molar-refractivity contribution in [2.45, 2.75) is 44.2 Å². The smallest absolute Gasteiger partial charge is 0.252 e. The van der Waals surface area contributed by atoms with Gasteiger partial charge in [0.15, 0.2) is 6.10 Å². The van der Waals surface area contributed by atoms with Crippen LogP contribution in [0.1, 0.15) is 32.6 Å². The molecule has 1 saturated heterocycles. The molecule has 18 heavy (non-hydrogen) atoms. The number of hydrogen-bond acceptors (Lipinski definition) is 4. The largest absolute Gasteiger partial charge is 0.394 e. The minimum absolute atomic E-state index is 0.000955. The van der Waals surface area contributed by atoms with E-state index in [1.165, 1.54) is 0 Å². The average Bonchev–Trinajstić information content (AvgIpc) is 2.43. The van der Waals surface area contributed by atoms with Crippen molar-refractivity contribution in [3.05, 3.63) is 0 Å². The lowest BCUT2D eigenvalue weighted by Gasteiger charge is -2.39. The van der Waals surface area contributed by atoms with Gasteiger partial charge in [-0.2, -0.15) is 0 Å². The summed E-state index contributed by atoms with van der Waals surface area (Å²) in [5, 5.41) is 12.6. The number of aliphatic hydroxyl groups is 1. The molecular formula is C13H23NO4. The highest BCUT2D eigenvalue weighted by Gasteiger charge is 2.37. The highest BCUT2D eigenvalue weighted by Crippen LogP contribution is 2.31. The van der Waals surface area contributed by atoms with Crippen molar-refractivity contribution < 1.29 is 19.4 Å². The Bertz CT molecular complexity index is 281. The molecule has 1 atom stereocenters.